The number of rotatable bonds is 5. The molecule has 1 heterocycles. The van der Waals surface area contributed by atoms with Crippen molar-refractivity contribution in [2.45, 2.75) is 20.0 Å². The average molecular weight is 248 g/mol. The molecular formula is C10H15F3N4. The lowest BCUT2D eigenvalue weighted by atomic mass is 10.4. The molecule has 7 heteroatoms. The van der Waals surface area contributed by atoms with Crippen LogP contribution in [0.4, 0.5) is 24.8 Å². The second-order valence-electron chi connectivity index (χ2n) is 3.42. The molecule has 0 fully saturated rings. The van der Waals surface area contributed by atoms with Gasteiger partial charge in [-0.2, -0.15) is 13.2 Å². The summed E-state index contributed by atoms with van der Waals surface area (Å²) < 4.78 is 37.0. The molecule has 0 aliphatic heterocycles. The van der Waals surface area contributed by atoms with E-state index >= 15 is 0 Å². The van der Waals surface area contributed by atoms with Crippen LogP contribution in [0.1, 0.15) is 13.8 Å². The van der Waals surface area contributed by atoms with Gasteiger partial charge in [0.15, 0.2) is 0 Å². The van der Waals surface area contributed by atoms with E-state index in [0.717, 1.165) is 4.90 Å². The van der Waals surface area contributed by atoms with Gasteiger partial charge < -0.3 is 10.2 Å². The third kappa shape index (κ3) is 4.46. The number of anilines is 2. The highest BCUT2D eigenvalue weighted by atomic mass is 19.4. The van der Waals surface area contributed by atoms with E-state index in [1.807, 2.05) is 6.92 Å². The van der Waals surface area contributed by atoms with Gasteiger partial charge >= 0.3 is 6.18 Å². The van der Waals surface area contributed by atoms with Crippen LogP contribution in [0, 0.1) is 0 Å². The predicted molar refractivity (Wildman–Crippen MR) is 60.1 cm³/mol. The number of nitrogens with one attached hydrogen (secondary N) is 1. The molecule has 1 aromatic rings. The zero-order chi connectivity index (χ0) is 12.9. The predicted octanol–water partition coefficient (Wildman–Crippen LogP) is 2.30. The molecule has 0 aromatic carbocycles. The Hall–Kier alpha value is -1.53. The second kappa shape index (κ2) is 5.70. The first-order valence-corrected chi connectivity index (χ1v) is 5.34. The maximum absolute atomic E-state index is 12.3. The van der Waals surface area contributed by atoms with E-state index in [1.165, 1.54) is 12.4 Å². The summed E-state index contributed by atoms with van der Waals surface area (Å²) in [5.74, 6) is 0.800. The molecule has 0 saturated heterocycles. The smallest absolute Gasteiger partial charge is 0.370 e. The Morgan fingerprint density at radius 3 is 2.53 bits per heavy atom. The summed E-state index contributed by atoms with van der Waals surface area (Å²) in [6.45, 7) is 3.42. The second-order valence-corrected chi connectivity index (χ2v) is 3.42. The molecular weight excluding hydrogens is 233 g/mol. The average Bonchev–Trinajstić information content (AvgIpc) is 2.25. The Kier molecular flexibility index (Phi) is 4.53. The molecule has 1 N–H and O–H groups in total. The summed E-state index contributed by atoms with van der Waals surface area (Å²) in [4.78, 5) is 8.92. The molecule has 96 valence electrons. The molecule has 0 amide bonds. The summed E-state index contributed by atoms with van der Waals surface area (Å²) in [5.41, 5.74) is 0. The van der Waals surface area contributed by atoms with E-state index in [2.05, 4.69) is 15.3 Å². The molecule has 1 aromatic heterocycles. The number of aromatic nitrogens is 2. The number of halogens is 3. The molecule has 0 bridgehead atoms. The quantitative estimate of drug-likeness (QED) is 0.868. The van der Waals surface area contributed by atoms with Crippen molar-refractivity contribution in [2.75, 3.05) is 29.9 Å². The monoisotopic (exact) mass is 248 g/mol. The zero-order valence-corrected chi connectivity index (χ0v) is 9.75. The van der Waals surface area contributed by atoms with Gasteiger partial charge in [0.05, 0.1) is 0 Å². The van der Waals surface area contributed by atoms with Crippen LogP contribution in [0.3, 0.4) is 0 Å². The lowest BCUT2D eigenvalue weighted by molar-refractivity contribution is -0.119. The molecule has 1 rings (SSSR count). The minimum Gasteiger partial charge on any atom is -0.370 e. The fourth-order valence-electron chi connectivity index (χ4n) is 1.37. The van der Waals surface area contributed by atoms with Crippen LogP contribution in [0.5, 0.6) is 0 Å². The molecule has 0 atom stereocenters. The molecule has 4 nitrogen and oxygen atoms in total. The van der Waals surface area contributed by atoms with Crippen molar-refractivity contribution >= 4 is 11.6 Å². The van der Waals surface area contributed by atoms with Crippen molar-refractivity contribution in [3.63, 3.8) is 0 Å². The normalized spacial score (nSPS) is 11.4. The van der Waals surface area contributed by atoms with Gasteiger partial charge in [-0.25, -0.2) is 9.97 Å². The lowest BCUT2D eigenvalue weighted by Crippen LogP contribution is -2.34. The van der Waals surface area contributed by atoms with Gasteiger partial charge in [0.25, 0.3) is 0 Å². The van der Waals surface area contributed by atoms with Crippen molar-refractivity contribution < 1.29 is 13.2 Å². The van der Waals surface area contributed by atoms with Crippen LogP contribution in [0.15, 0.2) is 12.4 Å². The number of hydrogen-bond acceptors (Lipinski definition) is 4. The molecule has 0 aliphatic carbocycles. The molecule has 0 saturated carbocycles. The van der Waals surface area contributed by atoms with Gasteiger partial charge in [-0.05, 0) is 13.8 Å². The number of hydrogen-bond donors (Lipinski definition) is 1. The first-order chi connectivity index (χ1) is 7.96. The van der Waals surface area contributed by atoms with Crippen LogP contribution in [-0.2, 0) is 0 Å². The van der Waals surface area contributed by atoms with Gasteiger partial charge in [-0.1, -0.05) is 0 Å². The van der Waals surface area contributed by atoms with Gasteiger partial charge in [0.1, 0.15) is 24.5 Å². The van der Waals surface area contributed by atoms with Gasteiger partial charge in [-0.15, -0.1) is 0 Å². The largest absolute Gasteiger partial charge is 0.405 e. The Labute approximate surface area is 97.9 Å². The van der Waals surface area contributed by atoms with Crippen LogP contribution in [-0.4, -0.2) is 35.8 Å². The fraction of sp³-hybridized carbons (Fsp3) is 0.600. The number of alkyl halides is 3. The van der Waals surface area contributed by atoms with E-state index in [1.54, 1.807) is 6.92 Å². The van der Waals surface area contributed by atoms with Crippen molar-refractivity contribution in [3.05, 3.63) is 12.4 Å². The third-order valence-electron chi connectivity index (χ3n) is 2.09. The van der Waals surface area contributed by atoms with Gasteiger partial charge in [-0.3, -0.25) is 0 Å². The standard InChI is InChI=1S/C10H15F3N4/c1-3-14-8-5-9(16-7-15-8)17(4-2)6-10(11,12)13/h5,7H,3-4,6H2,1-2H3,(H,14,15,16). The maximum Gasteiger partial charge on any atom is 0.405 e. The minimum absolute atomic E-state index is 0.238. The van der Waals surface area contributed by atoms with E-state index in [9.17, 15) is 13.2 Å². The Bertz CT molecular complexity index is 354. The summed E-state index contributed by atoms with van der Waals surface area (Å²) in [5, 5.41) is 2.93. The minimum atomic E-state index is -4.24. The third-order valence-corrected chi connectivity index (χ3v) is 2.09. The molecule has 0 aliphatic rings. The summed E-state index contributed by atoms with van der Waals surface area (Å²) in [6.07, 6.45) is -2.98. The number of nitrogens with zero attached hydrogens (tertiary/aromatic N) is 3. The first kappa shape index (κ1) is 13.5. The van der Waals surface area contributed by atoms with E-state index < -0.39 is 12.7 Å². The Morgan fingerprint density at radius 2 is 2.00 bits per heavy atom. The van der Waals surface area contributed by atoms with Crippen LogP contribution in [0.2, 0.25) is 0 Å². The summed E-state index contributed by atoms with van der Waals surface area (Å²) in [6, 6.07) is 1.51. The highest BCUT2D eigenvalue weighted by molar-refractivity contribution is 5.48. The van der Waals surface area contributed by atoms with Crippen molar-refractivity contribution in [1.82, 2.24) is 9.97 Å². The van der Waals surface area contributed by atoms with Gasteiger partial charge in [0, 0.05) is 19.2 Å². The van der Waals surface area contributed by atoms with Crippen LogP contribution < -0.4 is 10.2 Å². The van der Waals surface area contributed by atoms with Crippen molar-refractivity contribution in [1.29, 1.82) is 0 Å². The van der Waals surface area contributed by atoms with E-state index in [4.69, 9.17) is 0 Å². The topological polar surface area (TPSA) is 41.0 Å². The highest BCUT2D eigenvalue weighted by Gasteiger charge is 2.30. The SMILES string of the molecule is CCNc1cc(N(CC)CC(F)(F)F)ncn1. The zero-order valence-electron chi connectivity index (χ0n) is 9.75. The Morgan fingerprint density at radius 1 is 1.29 bits per heavy atom. The van der Waals surface area contributed by atoms with Crippen molar-refractivity contribution in [2.24, 2.45) is 0 Å². The maximum atomic E-state index is 12.3. The summed E-state index contributed by atoms with van der Waals surface area (Å²) >= 11 is 0. The van der Waals surface area contributed by atoms with E-state index in [-0.39, 0.29) is 12.4 Å². The molecule has 0 unspecified atom stereocenters. The summed E-state index contributed by atoms with van der Waals surface area (Å²) in [7, 11) is 0. The van der Waals surface area contributed by atoms with E-state index in [0.29, 0.717) is 12.4 Å². The van der Waals surface area contributed by atoms with Gasteiger partial charge in [0.2, 0.25) is 0 Å². The Balaban J connectivity index is 2.84. The first-order valence-electron chi connectivity index (χ1n) is 5.34. The van der Waals surface area contributed by atoms with Crippen molar-refractivity contribution in [3.8, 4) is 0 Å². The van der Waals surface area contributed by atoms with Crippen LogP contribution >= 0.6 is 0 Å². The highest BCUT2D eigenvalue weighted by Crippen LogP contribution is 2.21. The lowest BCUT2D eigenvalue weighted by Gasteiger charge is -2.23. The fourth-order valence-corrected chi connectivity index (χ4v) is 1.37. The molecule has 0 radical (unpaired) electrons. The molecule has 0 spiro atoms. The molecule has 17 heavy (non-hydrogen) atoms. The van der Waals surface area contributed by atoms with Crippen LogP contribution in [0.25, 0.3) is 0 Å².